The maximum Gasteiger partial charge on any atom is 0.223 e. The SMILES string of the molecule is Cc1ccsc1[C@@H]1Oc2ccccc2[C@H]2CC(c3ccccc3O)=NN21. The lowest BCUT2D eigenvalue weighted by atomic mass is 9.96. The first-order valence-electron chi connectivity index (χ1n) is 8.66. The highest BCUT2D eigenvalue weighted by Crippen LogP contribution is 2.49. The second kappa shape index (κ2) is 5.88. The third-order valence-electron chi connectivity index (χ3n) is 5.04. The Bertz CT molecular complexity index is 1010. The average Bonchev–Trinajstić information content (AvgIpc) is 3.28. The molecule has 0 radical (unpaired) electrons. The van der Waals surface area contributed by atoms with Crippen LogP contribution in [-0.4, -0.2) is 15.8 Å². The molecule has 0 spiro atoms. The van der Waals surface area contributed by atoms with Gasteiger partial charge in [0.25, 0.3) is 0 Å². The Hall–Kier alpha value is -2.79. The van der Waals surface area contributed by atoms with Gasteiger partial charge in [-0.05, 0) is 42.1 Å². The minimum atomic E-state index is -0.238. The molecule has 3 aromatic rings. The van der Waals surface area contributed by atoms with Crippen LogP contribution in [0.3, 0.4) is 0 Å². The van der Waals surface area contributed by atoms with Crippen molar-refractivity contribution in [2.75, 3.05) is 0 Å². The standard InChI is InChI=1S/C21H18N2O2S/c1-13-10-11-26-20(13)21-23-17(15-7-3-5-9-19(15)25-21)12-16(22-23)14-6-2-4-8-18(14)24/h2-11,17,21,24H,12H2,1H3/t17-,21+/m1/s1. The Morgan fingerprint density at radius 1 is 1.12 bits per heavy atom. The molecule has 2 atom stereocenters. The molecule has 2 aromatic carbocycles. The number of fused-ring (bicyclic) bond motifs is 3. The molecule has 0 aliphatic carbocycles. The molecule has 2 aliphatic rings. The highest BCUT2D eigenvalue weighted by atomic mass is 32.1. The van der Waals surface area contributed by atoms with Crippen LogP contribution in [-0.2, 0) is 0 Å². The minimum absolute atomic E-state index is 0.112. The van der Waals surface area contributed by atoms with Crippen molar-refractivity contribution in [1.82, 2.24) is 5.01 Å². The molecule has 4 nitrogen and oxygen atoms in total. The van der Waals surface area contributed by atoms with Crippen molar-refractivity contribution in [3.05, 3.63) is 81.5 Å². The molecule has 0 bridgehead atoms. The molecule has 5 rings (SSSR count). The largest absolute Gasteiger partial charge is 0.507 e. The molecule has 0 fully saturated rings. The Labute approximate surface area is 156 Å². The third kappa shape index (κ3) is 2.31. The van der Waals surface area contributed by atoms with Crippen molar-refractivity contribution in [2.45, 2.75) is 25.6 Å². The van der Waals surface area contributed by atoms with Crippen molar-refractivity contribution < 1.29 is 9.84 Å². The van der Waals surface area contributed by atoms with Gasteiger partial charge in [0.05, 0.1) is 16.6 Å². The predicted octanol–water partition coefficient (Wildman–Crippen LogP) is 5.00. The maximum atomic E-state index is 10.3. The van der Waals surface area contributed by atoms with Gasteiger partial charge in [-0.25, -0.2) is 5.01 Å². The fourth-order valence-corrected chi connectivity index (χ4v) is 4.67. The van der Waals surface area contributed by atoms with Crippen LogP contribution >= 0.6 is 11.3 Å². The molecule has 0 unspecified atom stereocenters. The van der Waals surface area contributed by atoms with Gasteiger partial charge < -0.3 is 9.84 Å². The first kappa shape index (κ1) is 15.5. The predicted molar refractivity (Wildman–Crippen MR) is 103 cm³/mol. The first-order chi connectivity index (χ1) is 12.7. The molecule has 3 heterocycles. The Kier molecular flexibility index (Phi) is 3.50. The summed E-state index contributed by atoms with van der Waals surface area (Å²) in [6.07, 6.45) is 0.511. The molecule has 26 heavy (non-hydrogen) atoms. The van der Waals surface area contributed by atoms with E-state index < -0.39 is 0 Å². The number of para-hydroxylation sites is 2. The van der Waals surface area contributed by atoms with E-state index in [1.165, 1.54) is 10.4 Å². The van der Waals surface area contributed by atoms with E-state index in [1.54, 1.807) is 17.4 Å². The van der Waals surface area contributed by atoms with Gasteiger partial charge in [-0.1, -0.05) is 30.3 Å². The molecule has 1 N–H and O–H groups in total. The highest BCUT2D eigenvalue weighted by molar-refractivity contribution is 7.10. The van der Waals surface area contributed by atoms with Gasteiger partial charge in [-0.2, -0.15) is 5.10 Å². The minimum Gasteiger partial charge on any atom is -0.507 e. The lowest BCUT2D eigenvalue weighted by Crippen LogP contribution is -2.33. The van der Waals surface area contributed by atoms with E-state index in [4.69, 9.17) is 9.84 Å². The van der Waals surface area contributed by atoms with E-state index in [-0.39, 0.29) is 18.0 Å². The normalized spacial score (nSPS) is 21.0. The summed E-state index contributed by atoms with van der Waals surface area (Å²) < 4.78 is 6.35. The van der Waals surface area contributed by atoms with Crippen LogP contribution < -0.4 is 4.74 Å². The van der Waals surface area contributed by atoms with E-state index in [9.17, 15) is 5.11 Å². The number of hydrazone groups is 1. The lowest BCUT2D eigenvalue weighted by Gasteiger charge is -2.37. The second-order valence-electron chi connectivity index (χ2n) is 6.64. The average molecular weight is 362 g/mol. The van der Waals surface area contributed by atoms with Gasteiger partial charge in [-0.3, -0.25) is 0 Å². The van der Waals surface area contributed by atoms with Crippen molar-refractivity contribution >= 4 is 17.0 Å². The number of phenolic OH excluding ortho intramolecular Hbond substituents is 1. The molecule has 2 aliphatic heterocycles. The smallest absolute Gasteiger partial charge is 0.223 e. The molecular formula is C21H18N2O2S. The zero-order chi connectivity index (χ0) is 17.7. The van der Waals surface area contributed by atoms with Crippen LogP contribution in [0.2, 0.25) is 0 Å². The van der Waals surface area contributed by atoms with Gasteiger partial charge in [0.15, 0.2) is 0 Å². The fourth-order valence-electron chi connectivity index (χ4n) is 3.72. The Balaban J connectivity index is 1.63. The van der Waals surface area contributed by atoms with E-state index in [2.05, 4.69) is 29.4 Å². The molecular weight excluding hydrogens is 344 g/mol. The monoisotopic (exact) mass is 362 g/mol. The summed E-state index contributed by atoms with van der Waals surface area (Å²) >= 11 is 1.69. The van der Waals surface area contributed by atoms with Gasteiger partial charge >= 0.3 is 0 Å². The van der Waals surface area contributed by atoms with Gasteiger partial charge in [0, 0.05) is 17.5 Å². The van der Waals surface area contributed by atoms with Crippen molar-refractivity contribution in [2.24, 2.45) is 5.10 Å². The molecule has 5 heteroatoms. The van der Waals surface area contributed by atoms with E-state index in [1.807, 2.05) is 36.4 Å². The van der Waals surface area contributed by atoms with Crippen molar-refractivity contribution in [1.29, 1.82) is 0 Å². The second-order valence-corrected chi connectivity index (χ2v) is 7.59. The Morgan fingerprint density at radius 2 is 1.92 bits per heavy atom. The van der Waals surface area contributed by atoms with Crippen molar-refractivity contribution in [3.8, 4) is 11.5 Å². The zero-order valence-corrected chi connectivity index (χ0v) is 15.1. The molecule has 0 saturated heterocycles. The van der Waals surface area contributed by atoms with E-state index >= 15 is 0 Å². The van der Waals surface area contributed by atoms with Crippen LogP contribution in [0, 0.1) is 6.92 Å². The Morgan fingerprint density at radius 3 is 2.73 bits per heavy atom. The maximum absolute atomic E-state index is 10.3. The molecule has 0 amide bonds. The lowest BCUT2D eigenvalue weighted by molar-refractivity contribution is -0.0169. The summed E-state index contributed by atoms with van der Waals surface area (Å²) in [7, 11) is 0. The third-order valence-corrected chi connectivity index (χ3v) is 6.09. The summed E-state index contributed by atoms with van der Waals surface area (Å²) in [6, 6.07) is 17.8. The van der Waals surface area contributed by atoms with E-state index in [0.29, 0.717) is 0 Å². The van der Waals surface area contributed by atoms with Gasteiger partial charge in [0.1, 0.15) is 11.5 Å². The first-order valence-corrected chi connectivity index (χ1v) is 9.54. The van der Waals surface area contributed by atoms with Crippen LogP contribution in [0.25, 0.3) is 0 Å². The quantitative estimate of drug-likeness (QED) is 0.697. The topological polar surface area (TPSA) is 45.1 Å². The number of benzene rings is 2. The van der Waals surface area contributed by atoms with Crippen LogP contribution in [0.1, 0.15) is 40.3 Å². The van der Waals surface area contributed by atoms with Crippen LogP contribution in [0.4, 0.5) is 0 Å². The number of nitrogens with zero attached hydrogens (tertiary/aromatic N) is 2. The number of phenols is 1. The number of ether oxygens (including phenoxy) is 1. The summed E-state index contributed by atoms with van der Waals surface area (Å²) in [5.74, 6) is 1.18. The zero-order valence-electron chi connectivity index (χ0n) is 14.3. The number of aryl methyl sites for hydroxylation is 1. The summed E-state index contributed by atoms with van der Waals surface area (Å²) in [5.41, 5.74) is 4.05. The summed E-state index contributed by atoms with van der Waals surface area (Å²) in [6.45, 7) is 2.11. The molecule has 130 valence electrons. The van der Waals surface area contributed by atoms with E-state index in [0.717, 1.165) is 29.0 Å². The molecule has 1 aromatic heterocycles. The van der Waals surface area contributed by atoms with Crippen LogP contribution in [0.15, 0.2) is 65.1 Å². The van der Waals surface area contributed by atoms with Gasteiger partial charge in [0.2, 0.25) is 6.23 Å². The summed E-state index contributed by atoms with van der Waals surface area (Å²) in [5, 5.41) is 19.3. The molecule has 0 saturated carbocycles. The number of hydrogen-bond donors (Lipinski definition) is 1. The van der Waals surface area contributed by atoms with Crippen molar-refractivity contribution in [3.63, 3.8) is 0 Å². The highest BCUT2D eigenvalue weighted by Gasteiger charge is 2.42. The van der Waals surface area contributed by atoms with Gasteiger partial charge in [-0.15, -0.1) is 11.3 Å². The number of thiophene rings is 1. The number of rotatable bonds is 2. The fraction of sp³-hybridized carbons (Fsp3) is 0.190. The van der Waals surface area contributed by atoms with Crippen LogP contribution in [0.5, 0.6) is 11.5 Å². The number of aromatic hydroxyl groups is 1. The number of hydrogen-bond acceptors (Lipinski definition) is 5. The summed E-state index contributed by atoms with van der Waals surface area (Å²) in [4.78, 5) is 1.17.